The van der Waals surface area contributed by atoms with Crippen LogP contribution in [0.25, 0.3) is 0 Å². The largest absolute Gasteiger partial charge is 0.396 e. The van der Waals surface area contributed by atoms with Gasteiger partial charge in [-0.25, -0.2) is 9.36 Å². The molecular formula is C22H45Br3N6O4S2Si2. The van der Waals surface area contributed by atoms with E-state index in [9.17, 15) is 0 Å². The maximum absolute atomic E-state index is 8.78. The fourth-order valence-electron chi connectivity index (χ4n) is 2.23. The zero-order valence-electron chi connectivity index (χ0n) is 23.9. The Hall–Kier alpha value is 0.694. The Labute approximate surface area is 270 Å². The quantitative estimate of drug-likeness (QED) is 0.0783. The number of halogens is 3. The van der Waals surface area contributed by atoms with Crippen molar-refractivity contribution in [2.45, 2.75) is 82.8 Å². The first-order valence-corrected chi connectivity index (χ1v) is 24.1. The number of hydrogen-bond acceptors (Lipinski definition) is 10. The van der Waals surface area contributed by atoms with E-state index in [1.165, 1.54) is 6.04 Å². The second kappa shape index (κ2) is 22.3. The molecule has 0 radical (unpaired) electrons. The summed E-state index contributed by atoms with van der Waals surface area (Å²) >= 11 is 15.2. The number of thiol groups is 1. The molecule has 0 unspecified atom stereocenters. The maximum atomic E-state index is 8.78. The Morgan fingerprint density at radius 2 is 1.28 bits per heavy atom. The third-order valence-corrected chi connectivity index (χ3v) is 10.5. The lowest BCUT2D eigenvalue weighted by Gasteiger charge is -2.15. The second-order valence-electron chi connectivity index (χ2n) is 10.7. The van der Waals surface area contributed by atoms with Crippen molar-refractivity contribution in [3.8, 4) is 0 Å². The Kier molecular flexibility index (Phi) is 22.7. The summed E-state index contributed by atoms with van der Waals surface area (Å²) < 4.78 is 16.5. The topological polar surface area (TPSA) is 120 Å². The molecule has 228 valence electrons. The predicted molar refractivity (Wildman–Crippen MR) is 179 cm³/mol. The van der Waals surface area contributed by atoms with Gasteiger partial charge in [-0.1, -0.05) is 51.0 Å². The molecule has 17 heteroatoms. The highest BCUT2D eigenvalue weighted by Gasteiger charge is 2.14. The lowest BCUT2D eigenvalue weighted by atomic mass is 10.5. The number of aliphatic hydroxyl groups is 2. The lowest BCUT2D eigenvalue weighted by Crippen LogP contribution is -2.22. The van der Waals surface area contributed by atoms with Gasteiger partial charge in [0.1, 0.15) is 13.5 Å². The summed E-state index contributed by atoms with van der Waals surface area (Å²) in [5.74, 6) is 1.62. The minimum absolute atomic E-state index is 0.203. The number of ether oxygens (including phenoxy) is 2. The highest BCUT2D eigenvalue weighted by Crippen LogP contribution is 2.19. The van der Waals surface area contributed by atoms with E-state index in [0.717, 1.165) is 48.8 Å². The molecule has 0 aromatic carbocycles. The zero-order chi connectivity index (χ0) is 29.9. The highest BCUT2D eigenvalue weighted by molar-refractivity contribution is 9.11. The van der Waals surface area contributed by atoms with Crippen molar-refractivity contribution >= 4 is 88.3 Å². The first-order valence-electron chi connectivity index (χ1n) is 12.7. The first-order chi connectivity index (χ1) is 18.2. The summed E-state index contributed by atoms with van der Waals surface area (Å²) in [4.78, 5) is 8.34. The molecule has 0 aliphatic heterocycles. The van der Waals surface area contributed by atoms with Gasteiger partial charge in [0.05, 0.1) is 0 Å². The van der Waals surface area contributed by atoms with Crippen LogP contribution in [0.2, 0.25) is 51.4 Å². The SMILES string of the molecule is C[Si](C)(C)CCOCn1nc(Br)nc1Br.C[Si](C)(C)CCOCn1nc(Br)nc1SCCCO.OCCCS. The molecule has 2 rings (SSSR count). The summed E-state index contributed by atoms with van der Waals surface area (Å²) in [6.45, 7) is 16.9. The molecule has 2 N–H and O–H groups in total. The molecule has 2 heterocycles. The number of thioether (sulfide) groups is 1. The molecule has 10 nitrogen and oxygen atoms in total. The highest BCUT2D eigenvalue weighted by atomic mass is 79.9. The van der Waals surface area contributed by atoms with Crippen molar-refractivity contribution in [3.05, 3.63) is 14.2 Å². The molecule has 0 bridgehead atoms. The van der Waals surface area contributed by atoms with Crippen molar-refractivity contribution in [3.63, 3.8) is 0 Å². The third-order valence-electron chi connectivity index (χ3n) is 4.48. The zero-order valence-corrected chi connectivity index (χ0v) is 32.3. The van der Waals surface area contributed by atoms with Crippen molar-refractivity contribution in [1.29, 1.82) is 0 Å². The minimum Gasteiger partial charge on any atom is -0.396 e. The molecule has 0 atom stereocenters. The van der Waals surface area contributed by atoms with Gasteiger partial charge < -0.3 is 19.7 Å². The van der Waals surface area contributed by atoms with Crippen LogP contribution in [-0.4, -0.2) is 93.8 Å². The van der Waals surface area contributed by atoms with Crippen LogP contribution in [0.1, 0.15) is 12.8 Å². The van der Waals surface area contributed by atoms with Gasteiger partial charge in [-0.15, -0.1) is 10.2 Å². The number of aromatic nitrogens is 6. The Bertz CT molecular complexity index is 900. The van der Waals surface area contributed by atoms with E-state index in [4.69, 9.17) is 19.7 Å². The van der Waals surface area contributed by atoms with E-state index in [0.29, 0.717) is 27.7 Å². The van der Waals surface area contributed by atoms with Gasteiger partial charge in [0, 0.05) is 48.3 Å². The van der Waals surface area contributed by atoms with Crippen LogP contribution in [0.4, 0.5) is 0 Å². The fraction of sp³-hybridized carbons (Fsp3) is 0.818. The lowest BCUT2D eigenvalue weighted by molar-refractivity contribution is 0.0718. The number of aliphatic hydroxyl groups excluding tert-OH is 2. The van der Waals surface area contributed by atoms with E-state index in [1.54, 1.807) is 21.1 Å². The van der Waals surface area contributed by atoms with E-state index >= 15 is 0 Å². The molecule has 0 spiro atoms. The number of rotatable bonds is 16. The van der Waals surface area contributed by atoms with Gasteiger partial charge in [-0.05, 0) is 78.5 Å². The molecule has 0 aliphatic carbocycles. The predicted octanol–water partition coefficient (Wildman–Crippen LogP) is 6.24. The molecule has 0 amide bonds. The number of hydrogen-bond donors (Lipinski definition) is 3. The van der Waals surface area contributed by atoms with Gasteiger partial charge >= 0.3 is 0 Å². The van der Waals surface area contributed by atoms with Crippen molar-refractivity contribution in [2.24, 2.45) is 0 Å². The van der Waals surface area contributed by atoms with Crippen LogP contribution in [0.15, 0.2) is 19.4 Å². The summed E-state index contributed by atoms with van der Waals surface area (Å²) in [5.41, 5.74) is 0. The van der Waals surface area contributed by atoms with E-state index < -0.39 is 16.1 Å². The Morgan fingerprint density at radius 3 is 1.69 bits per heavy atom. The third kappa shape index (κ3) is 22.9. The van der Waals surface area contributed by atoms with E-state index in [1.807, 2.05) is 0 Å². The van der Waals surface area contributed by atoms with Gasteiger partial charge in [0.2, 0.25) is 9.47 Å². The Balaban J connectivity index is 0.000000643. The summed E-state index contributed by atoms with van der Waals surface area (Å²) in [5, 5.41) is 26.0. The van der Waals surface area contributed by atoms with Crippen LogP contribution < -0.4 is 0 Å². The van der Waals surface area contributed by atoms with Crippen LogP contribution in [0.5, 0.6) is 0 Å². The summed E-state index contributed by atoms with van der Waals surface area (Å²) in [6, 6.07) is 2.32. The standard InChI is InChI=1S/C11H22BrN3O2SSi.C8H15Br2N3OSi.C3H8OS/c1-19(2,3)8-6-17-9-15-11(13-10(12)14-15)18-7-4-5-16;1-15(2,3)5-4-14-6-13-8(10)11-7(9)12-13;4-2-1-3-5/h16H,4-9H2,1-3H3;4-6H2,1-3H3;4-5H,1-3H2. The van der Waals surface area contributed by atoms with Crippen LogP contribution >= 0.6 is 72.2 Å². The minimum atomic E-state index is -1.04. The van der Waals surface area contributed by atoms with E-state index in [-0.39, 0.29) is 13.2 Å². The molecule has 2 aromatic rings. The van der Waals surface area contributed by atoms with Gasteiger partial charge in [0.15, 0.2) is 9.89 Å². The molecule has 39 heavy (non-hydrogen) atoms. The average Bonchev–Trinajstić information content (AvgIpc) is 3.34. The van der Waals surface area contributed by atoms with Crippen LogP contribution in [-0.2, 0) is 22.9 Å². The second-order valence-corrected chi connectivity index (χ2v) is 25.6. The smallest absolute Gasteiger partial charge is 0.218 e. The van der Waals surface area contributed by atoms with Crippen molar-refractivity contribution < 1.29 is 19.7 Å². The maximum Gasteiger partial charge on any atom is 0.218 e. The molecular weight excluding hydrogens is 772 g/mol. The van der Waals surface area contributed by atoms with E-state index in [2.05, 4.69) is 120 Å². The van der Waals surface area contributed by atoms with Gasteiger partial charge in [-0.3, -0.25) is 0 Å². The molecule has 0 fully saturated rings. The van der Waals surface area contributed by atoms with Crippen molar-refractivity contribution in [1.82, 2.24) is 29.5 Å². The molecule has 2 aromatic heterocycles. The van der Waals surface area contributed by atoms with Gasteiger partial charge in [-0.2, -0.15) is 22.6 Å². The molecule has 0 saturated carbocycles. The first kappa shape index (κ1) is 39.7. The molecule has 0 aliphatic rings. The fourth-order valence-corrected chi connectivity index (χ4v) is 6.16. The normalized spacial score (nSPS) is 11.6. The number of nitrogens with zero attached hydrogens (tertiary/aromatic N) is 6. The Morgan fingerprint density at radius 1 is 0.795 bits per heavy atom. The summed E-state index contributed by atoms with van der Waals surface area (Å²) in [7, 11) is -2.04. The molecule has 0 saturated heterocycles. The van der Waals surface area contributed by atoms with Crippen LogP contribution in [0.3, 0.4) is 0 Å². The monoisotopic (exact) mass is 814 g/mol. The van der Waals surface area contributed by atoms with Crippen molar-refractivity contribution in [2.75, 3.05) is 37.9 Å². The van der Waals surface area contributed by atoms with Gasteiger partial charge in [0.25, 0.3) is 0 Å². The summed E-state index contributed by atoms with van der Waals surface area (Å²) in [6.07, 6.45) is 1.56. The average molecular weight is 818 g/mol. The van der Waals surface area contributed by atoms with Crippen LogP contribution in [0, 0.1) is 0 Å².